The van der Waals surface area contributed by atoms with Crippen molar-refractivity contribution >= 4 is 11.8 Å². The van der Waals surface area contributed by atoms with Gasteiger partial charge in [-0.25, -0.2) is 9.67 Å². The molecule has 88 valence electrons. The average Bonchev–Trinajstić information content (AvgIpc) is 2.90. The van der Waals surface area contributed by atoms with Gasteiger partial charge in [0.15, 0.2) is 0 Å². The normalized spacial score (nSPS) is 18.3. The molecule has 2 aromatic rings. The highest BCUT2D eigenvalue weighted by atomic mass is 32.2. The van der Waals surface area contributed by atoms with Gasteiger partial charge in [0.05, 0.1) is 6.04 Å². The smallest absolute Gasteiger partial charge is 0.208 e. The van der Waals surface area contributed by atoms with Crippen LogP contribution >= 0.6 is 11.8 Å². The molecule has 0 N–H and O–H groups in total. The fourth-order valence-electron chi connectivity index (χ4n) is 2.32. The lowest BCUT2D eigenvalue weighted by Gasteiger charge is -2.11. The van der Waals surface area contributed by atoms with Crippen molar-refractivity contribution in [3.63, 3.8) is 0 Å². The highest BCUT2D eigenvalue weighted by Crippen LogP contribution is 2.31. The minimum absolute atomic E-state index is 0.380. The van der Waals surface area contributed by atoms with Gasteiger partial charge in [0.1, 0.15) is 5.82 Å². The lowest BCUT2D eigenvalue weighted by molar-refractivity contribution is 0.543. The number of fused-ring (bicyclic) bond motifs is 1. The van der Waals surface area contributed by atoms with Gasteiger partial charge < -0.3 is 0 Å². The molecule has 0 fully saturated rings. The van der Waals surface area contributed by atoms with Gasteiger partial charge in [-0.05, 0) is 17.7 Å². The Morgan fingerprint density at radius 2 is 2.18 bits per heavy atom. The van der Waals surface area contributed by atoms with Crippen molar-refractivity contribution in [1.82, 2.24) is 14.8 Å². The number of aryl methyl sites for hydroxylation is 1. The fraction of sp³-hybridized carbons (Fsp3) is 0.385. The summed E-state index contributed by atoms with van der Waals surface area (Å²) in [6.45, 7) is 2.13. The number of hydrogen-bond acceptors (Lipinski definition) is 3. The van der Waals surface area contributed by atoms with Crippen LogP contribution in [0.2, 0.25) is 0 Å². The molecule has 0 spiro atoms. The number of thioether (sulfide) groups is 1. The Balaban J connectivity index is 1.93. The van der Waals surface area contributed by atoms with Crippen molar-refractivity contribution in [1.29, 1.82) is 0 Å². The molecule has 0 bridgehead atoms. The van der Waals surface area contributed by atoms with E-state index in [0.717, 1.165) is 29.6 Å². The van der Waals surface area contributed by atoms with Gasteiger partial charge in [0.25, 0.3) is 0 Å². The van der Waals surface area contributed by atoms with Crippen LogP contribution in [0, 0.1) is 0 Å². The molecular formula is C13H15N3S. The molecule has 0 radical (unpaired) electrons. The standard InChI is InChI=1S/C13H15N3S/c1-2-17-13-14-12-9-8-11(16(12)15-13)10-6-4-3-5-7-10/h3-7,11H,2,8-9H2,1H3. The zero-order valence-electron chi connectivity index (χ0n) is 9.84. The van der Waals surface area contributed by atoms with E-state index in [2.05, 4.69) is 52.0 Å². The third kappa shape index (κ3) is 1.97. The molecule has 1 atom stereocenters. The van der Waals surface area contributed by atoms with Gasteiger partial charge >= 0.3 is 0 Å². The van der Waals surface area contributed by atoms with Crippen molar-refractivity contribution in [2.75, 3.05) is 5.75 Å². The zero-order valence-corrected chi connectivity index (χ0v) is 10.7. The van der Waals surface area contributed by atoms with Crippen LogP contribution in [0.15, 0.2) is 35.5 Å². The van der Waals surface area contributed by atoms with Crippen LogP contribution in [0.25, 0.3) is 0 Å². The number of nitrogens with zero attached hydrogens (tertiary/aromatic N) is 3. The summed E-state index contributed by atoms with van der Waals surface area (Å²) in [5, 5.41) is 5.53. The van der Waals surface area contributed by atoms with Crippen molar-refractivity contribution < 1.29 is 0 Å². The molecule has 0 aliphatic carbocycles. The minimum Gasteiger partial charge on any atom is -0.241 e. The Labute approximate surface area is 105 Å². The van der Waals surface area contributed by atoms with Crippen LogP contribution < -0.4 is 0 Å². The van der Waals surface area contributed by atoms with Crippen molar-refractivity contribution in [2.24, 2.45) is 0 Å². The lowest BCUT2D eigenvalue weighted by atomic mass is 10.1. The Bertz CT molecular complexity index is 507. The zero-order chi connectivity index (χ0) is 11.7. The lowest BCUT2D eigenvalue weighted by Crippen LogP contribution is -2.07. The van der Waals surface area contributed by atoms with Crippen molar-refractivity contribution in [2.45, 2.75) is 31.0 Å². The van der Waals surface area contributed by atoms with Gasteiger partial charge in [-0.1, -0.05) is 49.0 Å². The largest absolute Gasteiger partial charge is 0.241 e. The predicted octanol–water partition coefficient (Wildman–Crippen LogP) is 2.93. The van der Waals surface area contributed by atoms with Gasteiger partial charge in [-0.15, -0.1) is 5.10 Å². The molecule has 2 heterocycles. The number of hydrogen-bond donors (Lipinski definition) is 0. The summed E-state index contributed by atoms with van der Waals surface area (Å²) in [4.78, 5) is 4.57. The Morgan fingerprint density at radius 3 is 2.94 bits per heavy atom. The summed E-state index contributed by atoms with van der Waals surface area (Å²) in [5.41, 5.74) is 1.34. The molecule has 0 saturated carbocycles. The molecule has 4 heteroatoms. The monoisotopic (exact) mass is 245 g/mol. The summed E-state index contributed by atoms with van der Waals surface area (Å²) in [5.74, 6) is 2.16. The van der Waals surface area contributed by atoms with Crippen LogP contribution in [0.1, 0.15) is 30.8 Å². The minimum atomic E-state index is 0.380. The van der Waals surface area contributed by atoms with E-state index in [9.17, 15) is 0 Å². The van der Waals surface area contributed by atoms with Crippen LogP contribution in [-0.2, 0) is 6.42 Å². The number of benzene rings is 1. The van der Waals surface area contributed by atoms with E-state index in [0.29, 0.717) is 6.04 Å². The van der Waals surface area contributed by atoms with Gasteiger partial charge in [-0.3, -0.25) is 0 Å². The maximum atomic E-state index is 4.61. The molecule has 1 aromatic carbocycles. The highest BCUT2D eigenvalue weighted by Gasteiger charge is 2.26. The Morgan fingerprint density at radius 1 is 1.35 bits per heavy atom. The van der Waals surface area contributed by atoms with E-state index >= 15 is 0 Å². The molecule has 1 aliphatic rings. The SMILES string of the molecule is CCSc1nc2n(n1)C(c1ccccc1)CC2. The van der Waals surface area contributed by atoms with E-state index in [4.69, 9.17) is 0 Å². The average molecular weight is 245 g/mol. The summed E-state index contributed by atoms with van der Waals surface area (Å²) in [6.07, 6.45) is 2.16. The fourth-order valence-corrected chi connectivity index (χ4v) is 2.89. The van der Waals surface area contributed by atoms with E-state index in [1.807, 2.05) is 0 Å². The van der Waals surface area contributed by atoms with Gasteiger partial charge in [0.2, 0.25) is 5.16 Å². The molecular weight excluding hydrogens is 230 g/mol. The topological polar surface area (TPSA) is 30.7 Å². The second kappa shape index (κ2) is 4.53. The maximum Gasteiger partial charge on any atom is 0.208 e. The van der Waals surface area contributed by atoms with Gasteiger partial charge in [0, 0.05) is 6.42 Å². The summed E-state index contributed by atoms with van der Waals surface area (Å²) < 4.78 is 2.10. The number of aromatic nitrogens is 3. The first-order chi connectivity index (χ1) is 8.38. The molecule has 17 heavy (non-hydrogen) atoms. The Kier molecular flexibility index (Phi) is 2.89. The van der Waals surface area contributed by atoms with Crippen LogP contribution in [0.4, 0.5) is 0 Å². The van der Waals surface area contributed by atoms with E-state index in [1.54, 1.807) is 11.8 Å². The molecule has 0 saturated heterocycles. The predicted molar refractivity (Wildman–Crippen MR) is 69.3 cm³/mol. The van der Waals surface area contributed by atoms with E-state index < -0.39 is 0 Å². The quantitative estimate of drug-likeness (QED) is 0.779. The molecule has 3 nitrogen and oxygen atoms in total. The highest BCUT2D eigenvalue weighted by molar-refractivity contribution is 7.99. The molecule has 1 unspecified atom stereocenters. The third-order valence-corrected chi connectivity index (χ3v) is 3.80. The van der Waals surface area contributed by atoms with E-state index in [1.165, 1.54) is 5.56 Å². The maximum absolute atomic E-state index is 4.61. The number of rotatable bonds is 3. The first-order valence-electron chi connectivity index (χ1n) is 6.01. The molecule has 1 aliphatic heterocycles. The third-order valence-electron chi connectivity index (χ3n) is 3.08. The molecule has 1 aromatic heterocycles. The molecule has 0 amide bonds. The van der Waals surface area contributed by atoms with Gasteiger partial charge in [-0.2, -0.15) is 0 Å². The summed E-state index contributed by atoms with van der Waals surface area (Å²) in [6, 6.07) is 11.0. The van der Waals surface area contributed by atoms with Crippen LogP contribution in [0.3, 0.4) is 0 Å². The van der Waals surface area contributed by atoms with Crippen molar-refractivity contribution in [3.05, 3.63) is 41.7 Å². The van der Waals surface area contributed by atoms with Crippen LogP contribution in [0.5, 0.6) is 0 Å². The summed E-state index contributed by atoms with van der Waals surface area (Å²) >= 11 is 1.71. The second-order valence-electron chi connectivity index (χ2n) is 4.15. The summed E-state index contributed by atoms with van der Waals surface area (Å²) in [7, 11) is 0. The van der Waals surface area contributed by atoms with Crippen LogP contribution in [-0.4, -0.2) is 20.5 Å². The van der Waals surface area contributed by atoms with E-state index in [-0.39, 0.29) is 0 Å². The second-order valence-corrected chi connectivity index (χ2v) is 5.38. The Hall–Kier alpha value is -1.29. The first-order valence-corrected chi connectivity index (χ1v) is 7.00. The molecule has 3 rings (SSSR count). The van der Waals surface area contributed by atoms with Crippen molar-refractivity contribution in [3.8, 4) is 0 Å². The first kappa shape index (κ1) is 10.8.